The van der Waals surface area contributed by atoms with E-state index in [1.807, 2.05) is 30.3 Å². The standard InChI is InChI=1S/C21H27N3O4S/c1-16(2)15-28-19-11-9-18(10-12-19)13-22-23-21(25)14-24(29(4,26)27)20-8-6-5-7-17(20)3/h5-13,16H,14-15H2,1-4H3,(H,23,25)/b22-13-. The van der Waals surface area contributed by atoms with E-state index in [2.05, 4.69) is 24.4 Å². The van der Waals surface area contributed by atoms with Gasteiger partial charge >= 0.3 is 0 Å². The molecule has 0 saturated carbocycles. The largest absolute Gasteiger partial charge is 0.493 e. The predicted octanol–water partition coefficient (Wildman–Crippen LogP) is 2.95. The van der Waals surface area contributed by atoms with E-state index in [9.17, 15) is 13.2 Å². The minimum absolute atomic E-state index is 0.358. The second kappa shape index (κ2) is 10.1. The lowest BCUT2D eigenvalue weighted by atomic mass is 10.2. The second-order valence-electron chi connectivity index (χ2n) is 7.12. The predicted molar refractivity (Wildman–Crippen MR) is 116 cm³/mol. The van der Waals surface area contributed by atoms with Gasteiger partial charge in [-0.2, -0.15) is 5.10 Å². The van der Waals surface area contributed by atoms with Gasteiger partial charge in [-0.25, -0.2) is 13.8 Å². The van der Waals surface area contributed by atoms with Crippen molar-refractivity contribution in [1.82, 2.24) is 5.43 Å². The van der Waals surface area contributed by atoms with Gasteiger partial charge in [0.1, 0.15) is 12.3 Å². The molecule has 0 saturated heterocycles. The number of amides is 1. The van der Waals surface area contributed by atoms with Crippen molar-refractivity contribution in [3.63, 3.8) is 0 Å². The maximum Gasteiger partial charge on any atom is 0.260 e. The lowest BCUT2D eigenvalue weighted by Crippen LogP contribution is -2.39. The molecule has 2 aromatic rings. The van der Waals surface area contributed by atoms with Crippen LogP contribution >= 0.6 is 0 Å². The summed E-state index contributed by atoms with van der Waals surface area (Å²) in [5.41, 5.74) is 4.37. The fourth-order valence-electron chi connectivity index (χ4n) is 2.48. The number of aryl methyl sites for hydroxylation is 1. The quantitative estimate of drug-likeness (QED) is 0.502. The number of anilines is 1. The Kier molecular flexibility index (Phi) is 7.78. The topological polar surface area (TPSA) is 88.1 Å². The normalized spacial score (nSPS) is 11.6. The third kappa shape index (κ3) is 7.23. The van der Waals surface area contributed by atoms with Crippen LogP contribution in [0.3, 0.4) is 0 Å². The van der Waals surface area contributed by atoms with Gasteiger partial charge in [0.25, 0.3) is 5.91 Å². The first kappa shape index (κ1) is 22.4. The van der Waals surface area contributed by atoms with Gasteiger partial charge in [-0.05, 0) is 54.3 Å². The first-order chi connectivity index (χ1) is 13.7. The number of rotatable bonds is 9. The first-order valence-corrected chi connectivity index (χ1v) is 11.1. The molecule has 0 aliphatic carbocycles. The number of carbonyl (C=O) groups excluding carboxylic acids is 1. The Labute approximate surface area is 172 Å². The average molecular weight is 418 g/mol. The molecule has 0 aromatic heterocycles. The Morgan fingerprint density at radius 1 is 1.17 bits per heavy atom. The molecule has 1 N–H and O–H groups in total. The average Bonchev–Trinajstić information content (AvgIpc) is 2.65. The second-order valence-corrected chi connectivity index (χ2v) is 9.03. The number of nitrogens with one attached hydrogen (secondary N) is 1. The van der Waals surface area contributed by atoms with E-state index in [0.29, 0.717) is 18.2 Å². The molecular weight excluding hydrogens is 390 g/mol. The van der Waals surface area contributed by atoms with Crippen LogP contribution in [0.4, 0.5) is 5.69 Å². The molecule has 8 heteroatoms. The van der Waals surface area contributed by atoms with Gasteiger partial charge in [-0.3, -0.25) is 9.10 Å². The summed E-state index contributed by atoms with van der Waals surface area (Å²) in [6.45, 7) is 6.23. The number of sulfonamides is 1. The molecule has 0 radical (unpaired) electrons. The number of carbonyl (C=O) groups is 1. The molecule has 0 aliphatic rings. The van der Waals surface area contributed by atoms with Crippen LogP contribution in [-0.2, 0) is 14.8 Å². The summed E-state index contributed by atoms with van der Waals surface area (Å²) in [5, 5.41) is 3.91. The summed E-state index contributed by atoms with van der Waals surface area (Å²) >= 11 is 0. The van der Waals surface area contributed by atoms with Crippen LogP contribution in [-0.4, -0.2) is 39.9 Å². The van der Waals surface area contributed by atoms with Crippen molar-refractivity contribution in [2.75, 3.05) is 23.7 Å². The van der Waals surface area contributed by atoms with Crippen molar-refractivity contribution in [3.8, 4) is 5.75 Å². The van der Waals surface area contributed by atoms with Crippen molar-refractivity contribution < 1.29 is 17.9 Å². The molecule has 0 atom stereocenters. The molecule has 1 amide bonds. The summed E-state index contributed by atoms with van der Waals surface area (Å²) in [6, 6.07) is 14.3. The van der Waals surface area contributed by atoms with Gasteiger partial charge in [0, 0.05) is 0 Å². The van der Waals surface area contributed by atoms with Gasteiger partial charge in [0.2, 0.25) is 10.0 Å². The van der Waals surface area contributed by atoms with Crippen LogP contribution in [0.5, 0.6) is 5.75 Å². The van der Waals surface area contributed by atoms with Crippen LogP contribution in [0.1, 0.15) is 25.0 Å². The van der Waals surface area contributed by atoms with E-state index in [1.165, 1.54) is 6.21 Å². The third-order valence-corrected chi connectivity index (χ3v) is 5.06. The Balaban J connectivity index is 1.98. The summed E-state index contributed by atoms with van der Waals surface area (Å²) in [7, 11) is -3.62. The zero-order valence-electron chi connectivity index (χ0n) is 17.1. The van der Waals surface area contributed by atoms with Crippen LogP contribution in [0.15, 0.2) is 53.6 Å². The first-order valence-electron chi connectivity index (χ1n) is 9.25. The number of nitrogens with zero attached hydrogens (tertiary/aromatic N) is 2. The van der Waals surface area contributed by atoms with Gasteiger partial charge in [0.05, 0.1) is 24.8 Å². The molecule has 0 unspecified atom stereocenters. The third-order valence-electron chi connectivity index (χ3n) is 3.94. The highest BCUT2D eigenvalue weighted by molar-refractivity contribution is 7.92. The molecule has 156 valence electrons. The Morgan fingerprint density at radius 2 is 1.83 bits per heavy atom. The smallest absolute Gasteiger partial charge is 0.260 e. The molecule has 29 heavy (non-hydrogen) atoms. The lowest BCUT2D eigenvalue weighted by Gasteiger charge is -2.23. The van der Waals surface area contributed by atoms with E-state index in [1.54, 1.807) is 25.1 Å². The number of hydrogen-bond donors (Lipinski definition) is 1. The van der Waals surface area contributed by atoms with Crippen LogP contribution in [0, 0.1) is 12.8 Å². The van der Waals surface area contributed by atoms with Crippen LogP contribution < -0.4 is 14.5 Å². The van der Waals surface area contributed by atoms with E-state index < -0.39 is 15.9 Å². The molecule has 0 heterocycles. The maximum atomic E-state index is 12.2. The number of ether oxygens (including phenoxy) is 1. The van der Waals surface area contributed by atoms with E-state index in [0.717, 1.165) is 27.4 Å². The number of hydrazone groups is 1. The lowest BCUT2D eigenvalue weighted by molar-refractivity contribution is -0.119. The van der Waals surface area contributed by atoms with Gasteiger partial charge in [-0.1, -0.05) is 32.0 Å². The molecule has 0 fully saturated rings. The number of hydrogen-bond acceptors (Lipinski definition) is 5. The highest BCUT2D eigenvalue weighted by atomic mass is 32.2. The minimum atomic E-state index is -3.62. The van der Waals surface area contributed by atoms with Crippen molar-refractivity contribution in [1.29, 1.82) is 0 Å². The number of benzene rings is 2. The van der Waals surface area contributed by atoms with Gasteiger partial charge in [-0.15, -0.1) is 0 Å². The molecule has 0 aliphatic heterocycles. The van der Waals surface area contributed by atoms with E-state index >= 15 is 0 Å². The van der Waals surface area contributed by atoms with Crippen molar-refractivity contribution in [3.05, 3.63) is 59.7 Å². The molecule has 0 bridgehead atoms. The SMILES string of the molecule is Cc1ccccc1N(CC(=O)N/N=C\c1ccc(OCC(C)C)cc1)S(C)(=O)=O. The van der Waals surface area contributed by atoms with E-state index in [4.69, 9.17) is 4.74 Å². The summed E-state index contributed by atoms with van der Waals surface area (Å²) < 4.78 is 31.0. The van der Waals surface area contributed by atoms with E-state index in [-0.39, 0.29) is 6.54 Å². The fourth-order valence-corrected chi connectivity index (χ4v) is 3.40. The zero-order chi connectivity index (χ0) is 21.4. The van der Waals surface area contributed by atoms with Crippen molar-refractivity contribution in [2.45, 2.75) is 20.8 Å². The molecule has 0 spiro atoms. The van der Waals surface area contributed by atoms with Crippen LogP contribution in [0.25, 0.3) is 0 Å². The molecule has 7 nitrogen and oxygen atoms in total. The monoisotopic (exact) mass is 417 g/mol. The van der Waals surface area contributed by atoms with Crippen molar-refractivity contribution in [2.24, 2.45) is 11.0 Å². The Bertz CT molecular complexity index is 954. The summed E-state index contributed by atoms with van der Waals surface area (Å²) in [4.78, 5) is 12.2. The molecule has 2 rings (SSSR count). The number of para-hydroxylation sites is 1. The highest BCUT2D eigenvalue weighted by Crippen LogP contribution is 2.21. The maximum absolute atomic E-state index is 12.2. The minimum Gasteiger partial charge on any atom is -0.493 e. The van der Waals surface area contributed by atoms with Gasteiger partial charge in [0.15, 0.2) is 0 Å². The fraction of sp³-hybridized carbons (Fsp3) is 0.333. The summed E-state index contributed by atoms with van der Waals surface area (Å²) in [6.07, 6.45) is 2.56. The highest BCUT2D eigenvalue weighted by Gasteiger charge is 2.21. The Hall–Kier alpha value is -2.87. The van der Waals surface area contributed by atoms with Crippen molar-refractivity contribution >= 4 is 27.8 Å². The zero-order valence-corrected chi connectivity index (χ0v) is 17.9. The molecular formula is C21H27N3O4S. The summed E-state index contributed by atoms with van der Waals surface area (Å²) in [5.74, 6) is 0.673. The van der Waals surface area contributed by atoms with Crippen LogP contribution in [0.2, 0.25) is 0 Å². The van der Waals surface area contributed by atoms with Gasteiger partial charge < -0.3 is 4.74 Å². The Morgan fingerprint density at radius 3 is 2.41 bits per heavy atom. The molecule has 2 aromatic carbocycles.